The number of halogens is 1. The van der Waals surface area contributed by atoms with Crippen LogP contribution in [0.2, 0.25) is 0 Å². The number of nitrogens with two attached hydrogens (primary N) is 1. The molecular weight excluding hydrogens is 394 g/mol. The summed E-state index contributed by atoms with van der Waals surface area (Å²) in [6.45, 7) is 0.801. The number of nitrogens with zero attached hydrogens (tertiary/aromatic N) is 1. The molecule has 2 fully saturated rings. The highest BCUT2D eigenvalue weighted by atomic mass is 35.5. The molecule has 2 heterocycles. The third-order valence-corrected chi connectivity index (χ3v) is 8.65. The van der Waals surface area contributed by atoms with Crippen LogP contribution in [0.5, 0.6) is 0 Å². The van der Waals surface area contributed by atoms with E-state index < -0.39 is 16.1 Å². The summed E-state index contributed by atoms with van der Waals surface area (Å²) in [5, 5.41) is 4.80. The first-order valence-electron chi connectivity index (χ1n) is 9.10. The highest BCUT2D eigenvalue weighted by Crippen LogP contribution is 2.30. The summed E-state index contributed by atoms with van der Waals surface area (Å²) in [5.74, 6) is 0.213. The van der Waals surface area contributed by atoms with Gasteiger partial charge in [0.25, 0.3) is 10.0 Å². The van der Waals surface area contributed by atoms with Gasteiger partial charge in [0.05, 0.1) is 0 Å². The molecule has 26 heavy (non-hydrogen) atoms. The van der Waals surface area contributed by atoms with Gasteiger partial charge in [0.15, 0.2) is 0 Å². The molecule has 0 radical (unpaired) electrons. The van der Waals surface area contributed by atoms with E-state index >= 15 is 0 Å². The second-order valence-corrected chi connectivity index (χ2v) is 10.0. The average molecular weight is 422 g/mol. The van der Waals surface area contributed by atoms with E-state index in [0.717, 1.165) is 12.8 Å². The molecule has 148 valence electrons. The van der Waals surface area contributed by atoms with E-state index in [1.807, 2.05) is 0 Å². The molecule has 1 aromatic heterocycles. The van der Waals surface area contributed by atoms with Crippen LogP contribution in [0.4, 0.5) is 0 Å². The Morgan fingerprint density at radius 2 is 2.00 bits per heavy atom. The minimum Gasteiger partial charge on any atom is -0.350 e. The molecule has 1 saturated heterocycles. The highest BCUT2D eigenvalue weighted by molar-refractivity contribution is 7.91. The summed E-state index contributed by atoms with van der Waals surface area (Å²) in [6.07, 6.45) is 7.06. The number of nitrogens with one attached hydrogen (secondary N) is 1. The Hall–Kier alpha value is -0.670. The Balaban J connectivity index is 0.00000243. The van der Waals surface area contributed by atoms with Crippen molar-refractivity contribution in [1.82, 2.24) is 9.62 Å². The van der Waals surface area contributed by atoms with Crippen molar-refractivity contribution in [2.75, 3.05) is 13.1 Å². The molecule has 1 aliphatic heterocycles. The van der Waals surface area contributed by atoms with E-state index in [9.17, 15) is 13.2 Å². The summed E-state index contributed by atoms with van der Waals surface area (Å²) < 4.78 is 27.3. The molecule has 1 aromatic rings. The van der Waals surface area contributed by atoms with E-state index in [-0.39, 0.29) is 24.4 Å². The molecule has 2 unspecified atom stereocenters. The fourth-order valence-electron chi connectivity index (χ4n) is 4.00. The number of amides is 1. The first-order valence-corrected chi connectivity index (χ1v) is 11.4. The zero-order valence-corrected chi connectivity index (χ0v) is 17.3. The Morgan fingerprint density at radius 1 is 1.27 bits per heavy atom. The lowest BCUT2D eigenvalue weighted by Crippen LogP contribution is -2.52. The van der Waals surface area contributed by atoms with Gasteiger partial charge in [0.2, 0.25) is 5.91 Å². The van der Waals surface area contributed by atoms with E-state index in [4.69, 9.17) is 5.73 Å². The second-order valence-electron chi connectivity index (χ2n) is 6.95. The smallest absolute Gasteiger partial charge is 0.253 e. The maximum atomic E-state index is 12.8. The van der Waals surface area contributed by atoms with Crippen LogP contribution in [-0.2, 0) is 14.8 Å². The Bertz CT molecular complexity index is 675. The van der Waals surface area contributed by atoms with Crippen molar-refractivity contribution in [3.05, 3.63) is 17.5 Å². The topological polar surface area (TPSA) is 92.5 Å². The zero-order valence-electron chi connectivity index (χ0n) is 14.8. The van der Waals surface area contributed by atoms with Gasteiger partial charge >= 0.3 is 0 Å². The average Bonchev–Trinajstić information content (AvgIpc) is 3.32. The molecule has 1 saturated carbocycles. The van der Waals surface area contributed by atoms with Gasteiger partial charge in [0, 0.05) is 19.1 Å². The fraction of sp³-hybridized carbons (Fsp3) is 0.706. The lowest BCUT2D eigenvalue weighted by molar-refractivity contribution is -0.125. The van der Waals surface area contributed by atoms with E-state index in [0.29, 0.717) is 36.1 Å². The number of hydrogen-bond acceptors (Lipinski definition) is 5. The van der Waals surface area contributed by atoms with Gasteiger partial charge in [0.1, 0.15) is 10.3 Å². The van der Waals surface area contributed by atoms with Gasteiger partial charge in [-0.15, -0.1) is 23.7 Å². The van der Waals surface area contributed by atoms with Crippen molar-refractivity contribution in [2.24, 2.45) is 11.7 Å². The molecule has 1 amide bonds. The number of rotatable bonds is 6. The lowest BCUT2D eigenvalue weighted by Gasteiger charge is -2.32. The Labute approximate surface area is 166 Å². The normalized spacial score (nSPS) is 23.3. The highest BCUT2D eigenvalue weighted by Gasteiger charge is 2.40. The molecule has 9 heteroatoms. The number of hydrogen-bond donors (Lipinski definition) is 2. The van der Waals surface area contributed by atoms with Gasteiger partial charge in [-0.2, -0.15) is 4.31 Å². The van der Waals surface area contributed by atoms with Crippen molar-refractivity contribution in [3.63, 3.8) is 0 Å². The first-order chi connectivity index (χ1) is 12.0. The maximum absolute atomic E-state index is 12.8. The van der Waals surface area contributed by atoms with E-state index in [2.05, 4.69) is 5.32 Å². The second kappa shape index (κ2) is 9.50. The van der Waals surface area contributed by atoms with E-state index in [1.165, 1.54) is 34.9 Å². The number of carbonyl (C=O) groups is 1. The van der Waals surface area contributed by atoms with Crippen molar-refractivity contribution in [1.29, 1.82) is 0 Å². The monoisotopic (exact) mass is 421 g/mol. The molecular formula is C17H28ClN3O3S2. The van der Waals surface area contributed by atoms with Crippen LogP contribution in [-0.4, -0.2) is 43.8 Å². The largest absolute Gasteiger partial charge is 0.350 e. The molecule has 3 rings (SSSR count). The summed E-state index contributed by atoms with van der Waals surface area (Å²) in [4.78, 5) is 12.8. The molecule has 3 N–H and O–H groups in total. The van der Waals surface area contributed by atoms with Crippen LogP contribution in [0, 0.1) is 5.92 Å². The summed E-state index contributed by atoms with van der Waals surface area (Å²) in [6, 6.07) is 2.64. The van der Waals surface area contributed by atoms with Crippen molar-refractivity contribution in [3.8, 4) is 0 Å². The van der Waals surface area contributed by atoms with Crippen molar-refractivity contribution < 1.29 is 13.2 Å². The van der Waals surface area contributed by atoms with Crippen LogP contribution in [0.25, 0.3) is 0 Å². The third kappa shape index (κ3) is 4.59. The molecule has 0 spiro atoms. The molecule has 2 aliphatic rings. The van der Waals surface area contributed by atoms with Gasteiger partial charge in [-0.3, -0.25) is 4.79 Å². The molecule has 6 nitrogen and oxygen atoms in total. The quantitative estimate of drug-likeness (QED) is 0.737. The Kier molecular flexibility index (Phi) is 7.90. The van der Waals surface area contributed by atoms with Gasteiger partial charge in [-0.1, -0.05) is 25.3 Å². The predicted molar refractivity (Wildman–Crippen MR) is 106 cm³/mol. The van der Waals surface area contributed by atoms with Crippen LogP contribution in [0.1, 0.15) is 44.9 Å². The maximum Gasteiger partial charge on any atom is 0.253 e. The molecule has 2 atom stereocenters. The number of thiophene rings is 1. The lowest BCUT2D eigenvalue weighted by atomic mass is 9.84. The summed E-state index contributed by atoms with van der Waals surface area (Å²) >= 11 is 1.19. The summed E-state index contributed by atoms with van der Waals surface area (Å²) in [5.41, 5.74) is 5.90. The van der Waals surface area contributed by atoms with Crippen LogP contribution >= 0.6 is 23.7 Å². The zero-order chi connectivity index (χ0) is 17.9. The SMILES string of the molecule is Cl.NCC(NC(=O)C1CCCN1S(=O)(=O)c1cccs1)C1CCCCC1. The van der Waals surface area contributed by atoms with Gasteiger partial charge in [-0.25, -0.2) is 8.42 Å². The minimum atomic E-state index is -3.60. The minimum absolute atomic E-state index is 0. The van der Waals surface area contributed by atoms with Crippen LogP contribution < -0.4 is 11.1 Å². The van der Waals surface area contributed by atoms with Crippen LogP contribution in [0.15, 0.2) is 21.7 Å². The predicted octanol–water partition coefficient (Wildman–Crippen LogP) is 2.35. The van der Waals surface area contributed by atoms with Gasteiger partial charge in [-0.05, 0) is 43.0 Å². The van der Waals surface area contributed by atoms with Gasteiger partial charge < -0.3 is 11.1 Å². The van der Waals surface area contributed by atoms with E-state index in [1.54, 1.807) is 17.5 Å². The summed E-state index contributed by atoms with van der Waals surface area (Å²) in [7, 11) is -3.60. The third-order valence-electron chi connectivity index (χ3n) is 5.36. The Morgan fingerprint density at radius 3 is 2.62 bits per heavy atom. The van der Waals surface area contributed by atoms with Crippen molar-refractivity contribution in [2.45, 2.75) is 61.2 Å². The number of carbonyl (C=O) groups excluding carboxylic acids is 1. The van der Waals surface area contributed by atoms with Crippen LogP contribution in [0.3, 0.4) is 0 Å². The molecule has 0 bridgehead atoms. The standard InChI is InChI=1S/C17H27N3O3S2.ClH/c18-12-14(13-6-2-1-3-7-13)19-17(21)15-8-4-10-20(15)25(22,23)16-9-5-11-24-16;/h5,9,11,13-15H,1-4,6-8,10,12,18H2,(H,19,21);1H. The van der Waals surface area contributed by atoms with Crippen molar-refractivity contribution >= 4 is 39.7 Å². The molecule has 1 aliphatic carbocycles. The number of sulfonamides is 1. The first kappa shape index (κ1) is 21.6. The fourth-order valence-corrected chi connectivity index (χ4v) is 6.78. The molecule has 0 aromatic carbocycles.